The summed E-state index contributed by atoms with van der Waals surface area (Å²) in [5.74, 6) is 1.63. The Kier molecular flexibility index (Phi) is 5.86. The zero-order valence-corrected chi connectivity index (χ0v) is 12.5. The van der Waals surface area contributed by atoms with Crippen molar-refractivity contribution in [1.82, 2.24) is 20.0 Å². The third-order valence-corrected chi connectivity index (χ3v) is 3.61. The van der Waals surface area contributed by atoms with Gasteiger partial charge in [-0.2, -0.15) is 5.10 Å². The molecule has 0 aliphatic carbocycles. The van der Waals surface area contributed by atoms with Crippen molar-refractivity contribution < 1.29 is 4.74 Å². The number of guanidine groups is 1. The van der Waals surface area contributed by atoms with Gasteiger partial charge in [0.15, 0.2) is 5.96 Å². The van der Waals surface area contributed by atoms with Gasteiger partial charge in [0.05, 0.1) is 6.61 Å². The van der Waals surface area contributed by atoms with Gasteiger partial charge in [-0.05, 0) is 18.9 Å². The average Bonchev–Trinajstić information content (AvgIpc) is 3.11. The number of ether oxygens (including phenoxy) is 1. The highest BCUT2D eigenvalue weighted by molar-refractivity contribution is 5.80. The molecule has 6 nitrogen and oxygen atoms in total. The Morgan fingerprint density at radius 2 is 2.45 bits per heavy atom. The molecule has 0 amide bonds. The van der Waals surface area contributed by atoms with Crippen LogP contribution in [0.4, 0.5) is 0 Å². The first-order valence-corrected chi connectivity index (χ1v) is 7.25. The van der Waals surface area contributed by atoms with Crippen LogP contribution in [0.15, 0.2) is 23.5 Å². The van der Waals surface area contributed by atoms with Gasteiger partial charge < -0.3 is 15.0 Å². The highest BCUT2D eigenvalue weighted by Gasteiger charge is 2.24. The second-order valence-electron chi connectivity index (χ2n) is 5.15. The van der Waals surface area contributed by atoms with E-state index in [1.54, 1.807) is 7.11 Å². The summed E-state index contributed by atoms with van der Waals surface area (Å²) >= 11 is 0. The van der Waals surface area contributed by atoms with E-state index >= 15 is 0 Å². The summed E-state index contributed by atoms with van der Waals surface area (Å²) in [4.78, 5) is 6.68. The minimum atomic E-state index is 0.627. The summed E-state index contributed by atoms with van der Waals surface area (Å²) in [5.41, 5.74) is 0. The van der Waals surface area contributed by atoms with Crippen LogP contribution in [0.3, 0.4) is 0 Å². The van der Waals surface area contributed by atoms with Gasteiger partial charge in [-0.15, -0.1) is 0 Å². The molecule has 1 aromatic heterocycles. The zero-order chi connectivity index (χ0) is 14.2. The van der Waals surface area contributed by atoms with E-state index in [9.17, 15) is 0 Å². The number of nitrogens with one attached hydrogen (secondary N) is 1. The number of aliphatic imine (C=N–C) groups is 1. The molecule has 1 saturated heterocycles. The van der Waals surface area contributed by atoms with Gasteiger partial charge in [0, 0.05) is 58.6 Å². The third-order valence-electron chi connectivity index (χ3n) is 3.61. The molecule has 0 spiro atoms. The van der Waals surface area contributed by atoms with Crippen LogP contribution in [-0.4, -0.2) is 61.0 Å². The van der Waals surface area contributed by atoms with Crippen molar-refractivity contribution in [2.24, 2.45) is 10.9 Å². The van der Waals surface area contributed by atoms with E-state index in [2.05, 4.69) is 20.3 Å². The number of aryl methyl sites for hydroxylation is 1. The summed E-state index contributed by atoms with van der Waals surface area (Å²) in [7, 11) is 3.62. The fourth-order valence-electron chi connectivity index (χ4n) is 2.60. The van der Waals surface area contributed by atoms with Crippen LogP contribution in [-0.2, 0) is 11.3 Å². The van der Waals surface area contributed by atoms with Crippen LogP contribution in [0.2, 0.25) is 0 Å². The molecule has 0 bridgehead atoms. The molecule has 1 aliphatic heterocycles. The first kappa shape index (κ1) is 14.8. The minimum absolute atomic E-state index is 0.627. The average molecular weight is 279 g/mol. The van der Waals surface area contributed by atoms with E-state index in [1.807, 2.05) is 30.2 Å². The molecule has 6 heteroatoms. The number of nitrogens with zero attached hydrogens (tertiary/aromatic N) is 4. The number of hydrogen-bond acceptors (Lipinski definition) is 3. The maximum atomic E-state index is 5.23. The predicted molar refractivity (Wildman–Crippen MR) is 79.8 cm³/mol. The molecule has 1 aromatic rings. The van der Waals surface area contributed by atoms with Crippen molar-refractivity contribution in [2.45, 2.75) is 19.4 Å². The number of rotatable bonds is 6. The molecule has 1 N–H and O–H groups in total. The Bertz CT molecular complexity index is 404. The summed E-state index contributed by atoms with van der Waals surface area (Å²) in [6.07, 6.45) is 6.02. The smallest absolute Gasteiger partial charge is 0.193 e. The highest BCUT2D eigenvalue weighted by Crippen LogP contribution is 2.16. The molecular formula is C14H25N5O. The molecule has 1 fully saturated rings. The molecule has 0 saturated carbocycles. The largest absolute Gasteiger partial charge is 0.384 e. The van der Waals surface area contributed by atoms with Crippen LogP contribution < -0.4 is 5.32 Å². The number of likely N-dealkylation sites (tertiary alicyclic amines) is 1. The lowest BCUT2D eigenvalue weighted by molar-refractivity contribution is 0.157. The number of aromatic nitrogens is 2. The van der Waals surface area contributed by atoms with Crippen molar-refractivity contribution in [3.63, 3.8) is 0 Å². The second kappa shape index (κ2) is 7.89. The monoisotopic (exact) mass is 279 g/mol. The summed E-state index contributed by atoms with van der Waals surface area (Å²) in [5, 5.41) is 7.63. The van der Waals surface area contributed by atoms with E-state index in [-0.39, 0.29) is 0 Å². The van der Waals surface area contributed by atoms with Crippen molar-refractivity contribution in [2.75, 3.05) is 40.4 Å². The van der Waals surface area contributed by atoms with E-state index < -0.39 is 0 Å². The van der Waals surface area contributed by atoms with Crippen molar-refractivity contribution in [3.8, 4) is 0 Å². The molecule has 0 aromatic carbocycles. The first-order chi connectivity index (χ1) is 9.83. The number of hydrogen-bond donors (Lipinski definition) is 1. The van der Waals surface area contributed by atoms with E-state index in [1.165, 1.54) is 6.42 Å². The number of methoxy groups -OCH3 is 1. The van der Waals surface area contributed by atoms with Crippen LogP contribution in [0.1, 0.15) is 12.8 Å². The molecule has 112 valence electrons. The molecular weight excluding hydrogens is 254 g/mol. The third kappa shape index (κ3) is 4.23. The normalized spacial score (nSPS) is 19.6. The van der Waals surface area contributed by atoms with Gasteiger partial charge in [0.2, 0.25) is 0 Å². The van der Waals surface area contributed by atoms with E-state index in [4.69, 9.17) is 4.74 Å². The minimum Gasteiger partial charge on any atom is -0.384 e. The van der Waals surface area contributed by atoms with Crippen LogP contribution in [0.25, 0.3) is 0 Å². The quantitative estimate of drug-likeness (QED) is 0.476. The van der Waals surface area contributed by atoms with Crippen molar-refractivity contribution >= 4 is 5.96 Å². The molecule has 1 unspecified atom stereocenters. The first-order valence-electron chi connectivity index (χ1n) is 7.25. The highest BCUT2D eigenvalue weighted by atomic mass is 16.5. The fraction of sp³-hybridized carbons (Fsp3) is 0.714. The second-order valence-corrected chi connectivity index (χ2v) is 5.15. The maximum absolute atomic E-state index is 5.23. The Hall–Kier alpha value is -1.56. The fourth-order valence-corrected chi connectivity index (χ4v) is 2.60. The van der Waals surface area contributed by atoms with Crippen LogP contribution >= 0.6 is 0 Å². The topological polar surface area (TPSA) is 54.7 Å². The summed E-state index contributed by atoms with van der Waals surface area (Å²) in [6.45, 7) is 4.79. The van der Waals surface area contributed by atoms with E-state index in [0.717, 1.165) is 45.2 Å². The molecule has 1 atom stereocenters. The standard InChI is InChI=1S/C14H25N5O/c1-15-14(18-10-5-13(11-18)12-20-2)16-6-3-8-19-9-4-7-17-19/h4,7,9,13H,3,5-6,8,10-12H2,1-2H3,(H,15,16). The van der Waals surface area contributed by atoms with Crippen LogP contribution in [0.5, 0.6) is 0 Å². The molecule has 20 heavy (non-hydrogen) atoms. The summed E-state index contributed by atoms with van der Waals surface area (Å²) < 4.78 is 7.18. The van der Waals surface area contributed by atoms with Gasteiger partial charge >= 0.3 is 0 Å². The Morgan fingerprint density at radius 1 is 1.55 bits per heavy atom. The van der Waals surface area contributed by atoms with Crippen molar-refractivity contribution in [1.29, 1.82) is 0 Å². The molecule has 2 heterocycles. The predicted octanol–water partition coefficient (Wildman–Crippen LogP) is 0.817. The molecule has 0 radical (unpaired) electrons. The summed E-state index contributed by atoms with van der Waals surface area (Å²) in [6, 6.07) is 1.95. The lowest BCUT2D eigenvalue weighted by Crippen LogP contribution is -2.40. The Balaban J connectivity index is 1.68. The van der Waals surface area contributed by atoms with Gasteiger partial charge in [0.25, 0.3) is 0 Å². The van der Waals surface area contributed by atoms with Gasteiger partial charge in [-0.25, -0.2) is 0 Å². The van der Waals surface area contributed by atoms with E-state index in [0.29, 0.717) is 5.92 Å². The Labute approximate surface area is 120 Å². The molecule has 1 aliphatic rings. The SMILES string of the molecule is CN=C(NCCCn1cccn1)N1CCC(COC)C1. The van der Waals surface area contributed by atoms with Crippen molar-refractivity contribution in [3.05, 3.63) is 18.5 Å². The zero-order valence-electron chi connectivity index (χ0n) is 12.5. The van der Waals surface area contributed by atoms with Gasteiger partial charge in [0.1, 0.15) is 0 Å². The lowest BCUT2D eigenvalue weighted by Gasteiger charge is -2.21. The lowest BCUT2D eigenvalue weighted by atomic mass is 10.1. The van der Waals surface area contributed by atoms with Crippen LogP contribution in [0, 0.1) is 5.92 Å². The Morgan fingerprint density at radius 3 is 3.15 bits per heavy atom. The van der Waals surface area contributed by atoms with Gasteiger partial charge in [-0.1, -0.05) is 0 Å². The van der Waals surface area contributed by atoms with Gasteiger partial charge in [-0.3, -0.25) is 9.67 Å². The molecule has 2 rings (SSSR count). The maximum Gasteiger partial charge on any atom is 0.193 e.